The van der Waals surface area contributed by atoms with Crippen LogP contribution in [0.5, 0.6) is 0 Å². The highest BCUT2D eigenvalue weighted by atomic mass is 16.1. The van der Waals surface area contributed by atoms with Gasteiger partial charge in [0.25, 0.3) is 0 Å². The smallest absolute Gasteiger partial charge is 0.129 e. The third-order valence-electron chi connectivity index (χ3n) is 9.86. The number of hydrogen-bond donors (Lipinski definition) is 0. The van der Waals surface area contributed by atoms with Gasteiger partial charge in [-0.15, -0.1) is 0 Å². The molecule has 0 bridgehead atoms. The van der Waals surface area contributed by atoms with Crippen molar-refractivity contribution in [2.45, 2.75) is 118 Å². The van der Waals surface area contributed by atoms with E-state index in [9.17, 15) is 4.79 Å². The van der Waals surface area contributed by atoms with Crippen LogP contribution in [-0.2, 0) is 4.79 Å². The lowest BCUT2D eigenvalue weighted by molar-refractivity contribution is -0.117. The number of carbonyl (C=O) groups excluding carboxylic acids is 1. The number of ketones is 1. The molecule has 0 aromatic heterocycles. The van der Waals surface area contributed by atoms with Crippen LogP contribution in [0.25, 0.3) is 0 Å². The quantitative estimate of drug-likeness (QED) is 0.490. The summed E-state index contributed by atoms with van der Waals surface area (Å²) in [6, 6.07) is 0. The molecule has 0 aromatic carbocycles. The van der Waals surface area contributed by atoms with Crippen molar-refractivity contribution in [1.29, 1.82) is 0 Å². The predicted octanol–water partition coefficient (Wildman–Crippen LogP) is 7.82. The van der Waals surface area contributed by atoms with Gasteiger partial charge in [-0.05, 0) is 112 Å². The summed E-state index contributed by atoms with van der Waals surface area (Å²) >= 11 is 0. The van der Waals surface area contributed by atoms with Gasteiger partial charge in [-0.3, -0.25) is 0 Å². The minimum Gasteiger partial charge on any atom is -0.300 e. The highest BCUT2D eigenvalue weighted by molar-refractivity contribution is 5.75. The molecule has 0 amide bonds. The van der Waals surface area contributed by atoms with Crippen molar-refractivity contribution in [2.75, 3.05) is 0 Å². The van der Waals surface area contributed by atoms with Crippen molar-refractivity contribution in [3.8, 4) is 0 Å². The normalized spacial score (nSPS) is 45.7. The van der Waals surface area contributed by atoms with Gasteiger partial charge < -0.3 is 4.79 Å². The molecular formula is C26H46O. The van der Waals surface area contributed by atoms with Crippen LogP contribution in [0, 0.1) is 40.4 Å². The van der Waals surface area contributed by atoms with E-state index in [0.29, 0.717) is 16.6 Å². The van der Waals surface area contributed by atoms with E-state index < -0.39 is 0 Å². The first kappa shape index (κ1) is 21.4. The molecule has 4 rings (SSSR count). The van der Waals surface area contributed by atoms with E-state index >= 15 is 0 Å². The van der Waals surface area contributed by atoms with Gasteiger partial charge in [0.2, 0.25) is 0 Å². The molecule has 4 saturated carbocycles. The molecular weight excluding hydrogens is 328 g/mol. The van der Waals surface area contributed by atoms with Gasteiger partial charge >= 0.3 is 0 Å². The number of carbonyl (C=O) groups is 1. The molecule has 0 aromatic rings. The van der Waals surface area contributed by atoms with E-state index in [2.05, 4.69) is 13.8 Å². The Bertz CT molecular complexity index is 510. The standard InChI is InChI=1S/C24H40O.C2H6/c1-17(25)7-6-9-19-11-13-21-20-12-10-18-8-4-5-15-23(18,2)22(20)14-16-24(19,21)3;1-2/h18-22H,4-16H2,1-3H3;1-2H3/t18-,19?,20-,21?,22?,23-,24?;/m0./s1. The third-order valence-corrected chi connectivity index (χ3v) is 9.86. The second kappa shape index (κ2) is 8.58. The third kappa shape index (κ3) is 3.78. The van der Waals surface area contributed by atoms with E-state index in [0.717, 1.165) is 42.4 Å². The number of fused-ring (bicyclic) bond motifs is 5. The summed E-state index contributed by atoms with van der Waals surface area (Å²) in [6.45, 7) is 11.1. The average Bonchev–Trinajstić information content (AvgIpc) is 2.99. The molecule has 4 unspecified atom stereocenters. The lowest BCUT2D eigenvalue weighted by Crippen LogP contribution is -2.52. The Morgan fingerprint density at radius 2 is 1.59 bits per heavy atom. The SMILES string of the molecule is CC.CC(=O)CCCC1CCC2[C@@H]3CC[C@@H]4CCCC[C@]4(C)C3CCC12C. The fraction of sp³-hybridized carbons (Fsp3) is 0.962. The molecule has 27 heavy (non-hydrogen) atoms. The molecule has 4 aliphatic carbocycles. The Balaban J connectivity index is 0.00000102. The van der Waals surface area contributed by atoms with Gasteiger partial charge in [-0.25, -0.2) is 0 Å². The molecule has 0 N–H and O–H groups in total. The Morgan fingerprint density at radius 1 is 0.852 bits per heavy atom. The Morgan fingerprint density at radius 3 is 2.33 bits per heavy atom. The highest BCUT2D eigenvalue weighted by Gasteiger charge is 2.59. The monoisotopic (exact) mass is 374 g/mol. The van der Waals surface area contributed by atoms with E-state index in [-0.39, 0.29) is 0 Å². The maximum absolute atomic E-state index is 11.3. The molecule has 4 aliphatic rings. The minimum absolute atomic E-state index is 0.381. The lowest BCUT2D eigenvalue weighted by atomic mass is 9.45. The minimum atomic E-state index is 0.381. The fourth-order valence-corrected chi connectivity index (χ4v) is 8.48. The summed E-state index contributed by atoms with van der Waals surface area (Å²) in [5.74, 6) is 5.37. The number of rotatable bonds is 4. The van der Waals surface area contributed by atoms with Crippen molar-refractivity contribution in [3.63, 3.8) is 0 Å². The Hall–Kier alpha value is -0.330. The van der Waals surface area contributed by atoms with Crippen LogP contribution in [0.4, 0.5) is 0 Å². The van der Waals surface area contributed by atoms with Gasteiger partial charge in [0.15, 0.2) is 0 Å². The summed E-state index contributed by atoms with van der Waals surface area (Å²) in [4.78, 5) is 11.3. The molecule has 1 nitrogen and oxygen atoms in total. The molecule has 0 spiro atoms. The van der Waals surface area contributed by atoms with Gasteiger partial charge in [0.05, 0.1) is 0 Å². The Labute approximate surface area is 169 Å². The van der Waals surface area contributed by atoms with E-state index in [1.165, 1.54) is 70.6 Å². The molecule has 0 heterocycles. The van der Waals surface area contributed by atoms with Crippen LogP contribution in [-0.4, -0.2) is 5.78 Å². The summed E-state index contributed by atoms with van der Waals surface area (Å²) < 4.78 is 0. The van der Waals surface area contributed by atoms with Gasteiger partial charge in [0.1, 0.15) is 5.78 Å². The average molecular weight is 375 g/mol. The van der Waals surface area contributed by atoms with Crippen molar-refractivity contribution in [2.24, 2.45) is 40.4 Å². The molecule has 7 atom stereocenters. The first-order valence-electron chi connectivity index (χ1n) is 12.4. The maximum atomic E-state index is 11.3. The molecule has 4 fully saturated rings. The van der Waals surface area contributed by atoms with Crippen LogP contribution in [0.1, 0.15) is 118 Å². The van der Waals surface area contributed by atoms with E-state index in [1.807, 2.05) is 13.8 Å². The van der Waals surface area contributed by atoms with Crippen molar-refractivity contribution >= 4 is 5.78 Å². The second-order valence-corrected chi connectivity index (χ2v) is 10.8. The molecule has 0 saturated heterocycles. The predicted molar refractivity (Wildman–Crippen MR) is 116 cm³/mol. The summed E-state index contributed by atoms with van der Waals surface area (Å²) in [6.07, 6.45) is 18.3. The van der Waals surface area contributed by atoms with Gasteiger partial charge in [0, 0.05) is 6.42 Å². The highest BCUT2D eigenvalue weighted by Crippen LogP contribution is 2.67. The fourth-order valence-electron chi connectivity index (χ4n) is 8.48. The van der Waals surface area contributed by atoms with Crippen LogP contribution >= 0.6 is 0 Å². The zero-order valence-corrected chi connectivity index (χ0v) is 19.0. The van der Waals surface area contributed by atoms with Crippen molar-refractivity contribution in [1.82, 2.24) is 0 Å². The molecule has 0 aliphatic heterocycles. The van der Waals surface area contributed by atoms with Gasteiger partial charge in [-0.1, -0.05) is 40.5 Å². The van der Waals surface area contributed by atoms with Crippen molar-refractivity contribution < 1.29 is 4.79 Å². The van der Waals surface area contributed by atoms with E-state index in [1.54, 1.807) is 6.92 Å². The first-order chi connectivity index (χ1) is 12.9. The lowest BCUT2D eigenvalue weighted by Gasteiger charge is -2.60. The maximum Gasteiger partial charge on any atom is 0.129 e. The topological polar surface area (TPSA) is 17.1 Å². The van der Waals surface area contributed by atoms with Crippen LogP contribution in [0.3, 0.4) is 0 Å². The molecule has 0 radical (unpaired) electrons. The molecule has 1 heteroatoms. The van der Waals surface area contributed by atoms with Crippen LogP contribution in [0.2, 0.25) is 0 Å². The summed E-state index contributed by atoms with van der Waals surface area (Å²) in [5.41, 5.74) is 1.27. The second-order valence-electron chi connectivity index (χ2n) is 10.8. The zero-order chi connectivity index (χ0) is 19.7. The van der Waals surface area contributed by atoms with Crippen LogP contribution in [0.15, 0.2) is 0 Å². The number of hydrogen-bond acceptors (Lipinski definition) is 1. The number of Topliss-reactive ketones (excluding diaryl/α,β-unsaturated/α-hetero) is 1. The summed E-state index contributed by atoms with van der Waals surface area (Å²) in [5, 5.41) is 0. The molecule has 156 valence electrons. The zero-order valence-electron chi connectivity index (χ0n) is 19.0. The van der Waals surface area contributed by atoms with E-state index in [4.69, 9.17) is 0 Å². The van der Waals surface area contributed by atoms with Crippen molar-refractivity contribution in [3.05, 3.63) is 0 Å². The summed E-state index contributed by atoms with van der Waals surface area (Å²) in [7, 11) is 0. The van der Waals surface area contributed by atoms with Crippen LogP contribution < -0.4 is 0 Å². The first-order valence-corrected chi connectivity index (χ1v) is 12.4. The Kier molecular flexibility index (Phi) is 6.79. The largest absolute Gasteiger partial charge is 0.300 e. The van der Waals surface area contributed by atoms with Gasteiger partial charge in [-0.2, -0.15) is 0 Å².